The molecule has 3 aromatic rings. The molecule has 0 amide bonds. The molecular weight excluding hydrogens is 411 g/mol. The van der Waals surface area contributed by atoms with Crippen LogP contribution in [0.15, 0.2) is 72.8 Å². The smallest absolute Gasteiger partial charge is 0.0725 e. The molecule has 3 aromatic carbocycles. The summed E-state index contributed by atoms with van der Waals surface area (Å²) < 4.78 is 12.6. The average Bonchev–Trinajstić information content (AvgIpc) is 3.43. The van der Waals surface area contributed by atoms with E-state index in [2.05, 4.69) is 79.5 Å². The van der Waals surface area contributed by atoms with Crippen molar-refractivity contribution in [2.45, 2.75) is 64.2 Å². The molecule has 2 nitrogen and oxygen atoms in total. The highest BCUT2D eigenvalue weighted by molar-refractivity contribution is 7.37. The summed E-state index contributed by atoms with van der Waals surface area (Å²) in [6, 6.07) is 26.3. The largest absolute Gasteiger partial charge is 0.373 e. The lowest BCUT2D eigenvalue weighted by atomic mass is 10.1. The van der Waals surface area contributed by atoms with Crippen LogP contribution in [0.5, 0.6) is 0 Å². The van der Waals surface area contributed by atoms with Crippen molar-refractivity contribution in [1.82, 2.24) is 0 Å². The number of hydrogen-bond acceptors (Lipinski definition) is 2. The first-order valence-electron chi connectivity index (χ1n) is 11.9. The van der Waals surface area contributed by atoms with Crippen LogP contribution in [0.4, 0.5) is 0 Å². The Hall–Kier alpha value is -1.99. The Labute approximate surface area is 195 Å². The lowest BCUT2D eigenvalue weighted by molar-refractivity contribution is 0.0447. The van der Waals surface area contributed by atoms with E-state index < -0.39 is 0 Å². The van der Waals surface area contributed by atoms with Crippen LogP contribution in [0.3, 0.4) is 0 Å². The van der Waals surface area contributed by atoms with Crippen LogP contribution < -0.4 is 0 Å². The third-order valence-corrected chi connectivity index (χ3v) is 7.79. The highest BCUT2D eigenvalue weighted by Gasteiger charge is 2.31. The van der Waals surface area contributed by atoms with Gasteiger partial charge in [-0.05, 0) is 59.3 Å². The van der Waals surface area contributed by atoms with E-state index in [9.17, 15) is 0 Å². The summed E-state index contributed by atoms with van der Waals surface area (Å²) in [5.74, 6) is 0. The molecule has 2 aliphatic carbocycles. The molecule has 0 N–H and O–H groups in total. The summed E-state index contributed by atoms with van der Waals surface area (Å²) in [4.78, 5) is 0. The van der Waals surface area contributed by atoms with Crippen molar-refractivity contribution in [2.75, 3.05) is 6.66 Å². The molecule has 3 unspecified atom stereocenters. The van der Waals surface area contributed by atoms with Crippen molar-refractivity contribution < 1.29 is 9.47 Å². The van der Waals surface area contributed by atoms with Gasteiger partial charge in [-0.3, -0.25) is 0 Å². The van der Waals surface area contributed by atoms with Crippen LogP contribution in [-0.4, -0.2) is 18.9 Å². The Kier molecular flexibility index (Phi) is 8.14. The summed E-state index contributed by atoms with van der Waals surface area (Å²) in [5, 5.41) is 0. The molecule has 0 fully saturated rings. The molecule has 0 radical (unpaired) electrons. The normalized spacial score (nSPS) is 19.6. The summed E-state index contributed by atoms with van der Waals surface area (Å²) in [6.07, 6.45) is 3.71. The molecule has 0 saturated carbocycles. The predicted molar refractivity (Wildman–Crippen MR) is 136 cm³/mol. The van der Waals surface area contributed by atoms with E-state index in [0.29, 0.717) is 31.1 Å². The Bertz CT molecular complexity index is 973. The van der Waals surface area contributed by atoms with Crippen LogP contribution in [-0.2, 0) is 41.9 Å². The van der Waals surface area contributed by atoms with Crippen molar-refractivity contribution in [3.63, 3.8) is 0 Å². The van der Waals surface area contributed by atoms with Gasteiger partial charge in [0.2, 0.25) is 0 Å². The molecular formula is C29H35O2P. The van der Waals surface area contributed by atoms with Crippen molar-refractivity contribution in [3.05, 3.63) is 106 Å². The van der Waals surface area contributed by atoms with Crippen LogP contribution in [0.1, 0.15) is 52.9 Å². The highest BCUT2D eigenvalue weighted by atomic mass is 31.1. The van der Waals surface area contributed by atoms with Crippen molar-refractivity contribution >= 4 is 8.58 Å². The van der Waals surface area contributed by atoms with E-state index in [4.69, 9.17) is 9.47 Å². The van der Waals surface area contributed by atoms with E-state index in [0.717, 1.165) is 27.8 Å². The topological polar surface area (TPSA) is 18.5 Å². The van der Waals surface area contributed by atoms with Gasteiger partial charge in [0.15, 0.2) is 0 Å². The zero-order chi connectivity index (χ0) is 22.3. The van der Waals surface area contributed by atoms with E-state index in [-0.39, 0.29) is 0 Å². The fraction of sp³-hybridized carbons (Fsp3) is 0.379. The molecule has 0 heterocycles. The Morgan fingerprint density at radius 1 is 0.688 bits per heavy atom. The van der Waals surface area contributed by atoms with Crippen LogP contribution in [0, 0.1) is 0 Å². The molecule has 0 bridgehead atoms. The highest BCUT2D eigenvalue weighted by Crippen LogP contribution is 2.45. The van der Waals surface area contributed by atoms with Crippen molar-refractivity contribution in [3.8, 4) is 0 Å². The van der Waals surface area contributed by atoms with E-state index in [1.54, 1.807) is 0 Å². The maximum Gasteiger partial charge on any atom is 0.0725 e. The number of rotatable bonds is 7. The minimum Gasteiger partial charge on any atom is -0.373 e. The second-order valence-corrected chi connectivity index (χ2v) is 9.64. The Morgan fingerprint density at radius 2 is 1.22 bits per heavy atom. The van der Waals surface area contributed by atoms with Crippen molar-refractivity contribution in [2.24, 2.45) is 0 Å². The van der Waals surface area contributed by atoms with Gasteiger partial charge in [-0.1, -0.05) is 86.6 Å². The summed E-state index contributed by atoms with van der Waals surface area (Å²) >= 11 is 0. The van der Waals surface area contributed by atoms with E-state index in [1.165, 1.54) is 33.4 Å². The number of hydrogen-bond donors (Lipinski definition) is 0. The minimum absolute atomic E-state index is 0.303. The zero-order valence-electron chi connectivity index (χ0n) is 19.5. The van der Waals surface area contributed by atoms with Crippen LogP contribution >= 0.6 is 8.58 Å². The van der Waals surface area contributed by atoms with Crippen LogP contribution in [0.25, 0.3) is 0 Å². The molecule has 2 aliphatic rings. The average molecular weight is 447 g/mol. The second kappa shape index (κ2) is 11.2. The lowest BCUT2D eigenvalue weighted by Crippen LogP contribution is -2.15. The van der Waals surface area contributed by atoms with E-state index >= 15 is 0 Å². The fourth-order valence-electron chi connectivity index (χ4n) is 4.84. The lowest BCUT2D eigenvalue weighted by Gasteiger charge is -2.20. The van der Waals surface area contributed by atoms with Gasteiger partial charge in [-0.25, -0.2) is 0 Å². The van der Waals surface area contributed by atoms with Crippen molar-refractivity contribution in [1.29, 1.82) is 0 Å². The van der Waals surface area contributed by atoms with Gasteiger partial charge in [-0.15, -0.1) is 8.58 Å². The molecule has 0 aromatic heterocycles. The van der Waals surface area contributed by atoms with Gasteiger partial charge in [0.25, 0.3) is 0 Å². The van der Waals surface area contributed by atoms with Gasteiger partial charge in [0, 0.05) is 5.66 Å². The number of benzene rings is 3. The van der Waals surface area contributed by atoms with E-state index in [1.807, 2.05) is 13.8 Å². The zero-order valence-corrected chi connectivity index (χ0v) is 20.5. The molecule has 168 valence electrons. The Balaban J connectivity index is 0.00000119. The predicted octanol–water partition coefficient (Wildman–Crippen LogP) is 6.89. The summed E-state index contributed by atoms with van der Waals surface area (Å²) in [7, 11) is 0.873. The molecule has 0 saturated heterocycles. The third kappa shape index (κ3) is 5.31. The molecule has 3 atom stereocenters. The SMILES string of the molecule is CC.CPC1c2ccccc2CC1OCc1ccc(COC2Cc3ccccc3C2)cc1. The maximum absolute atomic E-state index is 6.37. The van der Waals surface area contributed by atoms with Gasteiger partial charge in [0.05, 0.1) is 25.4 Å². The molecule has 3 heteroatoms. The third-order valence-electron chi connectivity index (χ3n) is 6.48. The maximum atomic E-state index is 6.37. The molecule has 5 rings (SSSR count). The quantitative estimate of drug-likeness (QED) is 0.368. The monoisotopic (exact) mass is 446 g/mol. The summed E-state index contributed by atoms with van der Waals surface area (Å²) in [5.41, 5.74) is 8.85. The first-order chi connectivity index (χ1) is 15.8. The number of fused-ring (bicyclic) bond motifs is 2. The Morgan fingerprint density at radius 3 is 1.81 bits per heavy atom. The molecule has 0 spiro atoms. The van der Waals surface area contributed by atoms with Gasteiger partial charge in [0.1, 0.15) is 0 Å². The second-order valence-electron chi connectivity index (χ2n) is 8.45. The summed E-state index contributed by atoms with van der Waals surface area (Å²) in [6.45, 7) is 7.65. The standard InChI is InChI=1S/C27H29O2P.C2H6/c1-30-27-25-9-5-4-8-23(25)16-26(27)29-18-20-12-10-19(11-13-20)17-28-24-14-21-6-2-3-7-22(21)15-24;1-2/h2-13,24,26-27,30H,14-18H2,1H3;1-2H3. The molecule has 32 heavy (non-hydrogen) atoms. The fourth-order valence-corrected chi connectivity index (χ4v) is 6.02. The first-order valence-corrected chi connectivity index (χ1v) is 13.5. The first kappa shape index (κ1) is 23.2. The number of ether oxygens (including phenoxy) is 2. The molecule has 0 aliphatic heterocycles. The van der Waals surface area contributed by atoms with Gasteiger partial charge >= 0.3 is 0 Å². The minimum atomic E-state index is 0.303. The van der Waals surface area contributed by atoms with Gasteiger partial charge < -0.3 is 9.47 Å². The van der Waals surface area contributed by atoms with Crippen LogP contribution in [0.2, 0.25) is 0 Å². The van der Waals surface area contributed by atoms with Gasteiger partial charge in [-0.2, -0.15) is 0 Å².